The summed E-state index contributed by atoms with van der Waals surface area (Å²) in [7, 11) is 0. The number of benzene rings is 1. The van der Waals surface area contributed by atoms with E-state index >= 15 is 0 Å². The number of thiocarbonyl (C=S) groups is 1. The van der Waals surface area contributed by atoms with E-state index in [0.29, 0.717) is 12.1 Å². The number of nitrogens with one attached hydrogen (secondary N) is 2. The lowest BCUT2D eigenvalue weighted by Gasteiger charge is -2.17. The van der Waals surface area contributed by atoms with Gasteiger partial charge in [-0.25, -0.2) is 0 Å². The minimum atomic E-state index is 0.392. The lowest BCUT2D eigenvalue weighted by molar-refractivity contribution is 0.619. The van der Waals surface area contributed by atoms with Gasteiger partial charge in [-0.1, -0.05) is 24.3 Å². The van der Waals surface area contributed by atoms with Crippen molar-refractivity contribution >= 4 is 17.3 Å². The predicted molar refractivity (Wildman–Crippen MR) is 71.6 cm³/mol. The van der Waals surface area contributed by atoms with Crippen molar-refractivity contribution in [1.29, 1.82) is 0 Å². The maximum atomic E-state index is 5.26. The minimum absolute atomic E-state index is 0.392. The average molecular weight is 234 g/mol. The molecule has 0 spiro atoms. The first kappa shape index (κ1) is 11.4. The van der Waals surface area contributed by atoms with Crippen LogP contribution in [0, 0.1) is 0 Å². The van der Waals surface area contributed by atoms with Gasteiger partial charge in [-0.05, 0) is 50.0 Å². The summed E-state index contributed by atoms with van der Waals surface area (Å²) >= 11 is 5.26. The zero-order valence-electron chi connectivity index (χ0n) is 9.79. The van der Waals surface area contributed by atoms with Crippen LogP contribution in [0.15, 0.2) is 24.3 Å². The Bertz CT molecular complexity index is 362. The molecule has 0 unspecified atom stereocenters. The van der Waals surface area contributed by atoms with E-state index in [2.05, 4.69) is 48.7 Å². The topological polar surface area (TPSA) is 24.1 Å². The van der Waals surface area contributed by atoms with E-state index in [4.69, 9.17) is 12.2 Å². The van der Waals surface area contributed by atoms with Gasteiger partial charge in [-0.3, -0.25) is 0 Å². The lowest BCUT2D eigenvalue weighted by Crippen LogP contribution is -2.44. The van der Waals surface area contributed by atoms with E-state index in [-0.39, 0.29) is 0 Å². The molecular weight excluding hydrogens is 216 g/mol. The first-order chi connectivity index (χ1) is 7.65. The van der Waals surface area contributed by atoms with Crippen molar-refractivity contribution in [2.24, 2.45) is 0 Å². The molecule has 0 amide bonds. The van der Waals surface area contributed by atoms with E-state index < -0.39 is 0 Å². The van der Waals surface area contributed by atoms with E-state index in [1.165, 1.54) is 11.1 Å². The van der Waals surface area contributed by atoms with Gasteiger partial charge in [0.25, 0.3) is 0 Å². The second kappa shape index (κ2) is 4.83. The Kier molecular flexibility index (Phi) is 3.44. The van der Waals surface area contributed by atoms with Crippen LogP contribution >= 0.6 is 12.2 Å². The molecule has 0 radical (unpaired) electrons. The molecule has 0 atom stereocenters. The Labute approximate surface area is 102 Å². The molecule has 0 bridgehead atoms. The first-order valence-electron chi connectivity index (χ1n) is 5.79. The molecule has 1 aromatic carbocycles. The van der Waals surface area contributed by atoms with Crippen molar-refractivity contribution in [2.75, 3.05) is 0 Å². The third-order valence-electron chi connectivity index (χ3n) is 2.81. The zero-order valence-corrected chi connectivity index (χ0v) is 10.6. The molecule has 2 rings (SSSR count). The summed E-state index contributed by atoms with van der Waals surface area (Å²) in [5.41, 5.74) is 2.90. The Morgan fingerprint density at radius 2 is 1.81 bits per heavy atom. The standard InChI is InChI=1S/C13H18N2S/c1-9(2)14-13(16)15-12-7-10-5-3-4-6-11(10)8-12/h3-6,9,12H,7-8H2,1-2H3,(H2,14,15,16). The normalized spacial score (nSPS) is 14.9. The molecule has 0 saturated heterocycles. The fraction of sp³-hybridized carbons (Fsp3) is 0.462. The van der Waals surface area contributed by atoms with E-state index in [1.54, 1.807) is 0 Å². The highest BCUT2D eigenvalue weighted by molar-refractivity contribution is 7.80. The molecule has 0 saturated carbocycles. The summed E-state index contributed by atoms with van der Waals surface area (Å²) in [5.74, 6) is 0. The van der Waals surface area contributed by atoms with Gasteiger partial charge < -0.3 is 10.6 Å². The zero-order chi connectivity index (χ0) is 11.5. The molecule has 0 aliphatic heterocycles. The van der Waals surface area contributed by atoms with Crippen LogP contribution in [0.4, 0.5) is 0 Å². The van der Waals surface area contributed by atoms with Crippen molar-refractivity contribution in [2.45, 2.75) is 38.8 Å². The van der Waals surface area contributed by atoms with E-state index in [0.717, 1.165) is 18.0 Å². The van der Waals surface area contributed by atoms with Gasteiger partial charge in [0.2, 0.25) is 0 Å². The molecular formula is C13H18N2S. The third kappa shape index (κ3) is 2.73. The van der Waals surface area contributed by atoms with Gasteiger partial charge in [0.05, 0.1) is 0 Å². The molecule has 0 fully saturated rings. The van der Waals surface area contributed by atoms with Gasteiger partial charge in [0.1, 0.15) is 0 Å². The largest absolute Gasteiger partial charge is 0.361 e. The Hall–Kier alpha value is -1.09. The maximum Gasteiger partial charge on any atom is 0.166 e. The highest BCUT2D eigenvalue weighted by Crippen LogP contribution is 2.21. The fourth-order valence-corrected chi connectivity index (χ4v) is 2.55. The predicted octanol–water partition coefficient (Wildman–Crippen LogP) is 2.03. The molecule has 86 valence electrons. The van der Waals surface area contributed by atoms with Crippen LogP contribution in [0.3, 0.4) is 0 Å². The highest BCUT2D eigenvalue weighted by Gasteiger charge is 2.21. The summed E-state index contributed by atoms with van der Waals surface area (Å²) in [6, 6.07) is 9.46. The summed E-state index contributed by atoms with van der Waals surface area (Å²) in [6.45, 7) is 4.19. The summed E-state index contributed by atoms with van der Waals surface area (Å²) < 4.78 is 0. The molecule has 0 heterocycles. The molecule has 1 aliphatic rings. The fourth-order valence-electron chi connectivity index (χ4n) is 2.15. The number of hydrogen-bond acceptors (Lipinski definition) is 1. The molecule has 3 heteroatoms. The van der Waals surface area contributed by atoms with Crippen LogP contribution in [0.5, 0.6) is 0 Å². The second-order valence-electron chi connectivity index (χ2n) is 4.65. The van der Waals surface area contributed by atoms with E-state index in [1.807, 2.05) is 0 Å². The molecule has 2 nitrogen and oxygen atoms in total. The van der Waals surface area contributed by atoms with Gasteiger partial charge in [-0.2, -0.15) is 0 Å². The Balaban J connectivity index is 1.90. The number of rotatable bonds is 2. The Morgan fingerprint density at radius 3 is 2.31 bits per heavy atom. The first-order valence-corrected chi connectivity index (χ1v) is 6.20. The van der Waals surface area contributed by atoms with Gasteiger partial charge >= 0.3 is 0 Å². The van der Waals surface area contributed by atoms with Crippen LogP contribution in [0.25, 0.3) is 0 Å². The smallest absolute Gasteiger partial charge is 0.166 e. The van der Waals surface area contributed by atoms with Gasteiger partial charge in [0, 0.05) is 12.1 Å². The molecule has 2 N–H and O–H groups in total. The minimum Gasteiger partial charge on any atom is -0.361 e. The monoisotopic (exact) mass is 234 g/mol. The summed E-state index contributed by atoms with van der Waals surface area (Å²) in [5, 5.41) is 7.37. The molecule has 1 aliphatic carbocycles. The van der Waals surface area contributed by atoms with Crippen molar-refractivity contribution in [3.8, 4) is 0 Å². The lowest BCUT2D eigenvalue weighted by atomic mass is 10.1. The quantitative estimate of drug-likeness (QED) is 0.766. The van der Waals surface area contributed by atoms with E-state index in [9.17, 15) is 0 Å². The third-order valence-corrected chi connectivity index (χ3v) is 3.04. The van der Waals surface area contributed by atoms with Crippen molar-refractivity contribution in [1.82, 2.24) is 10.6 Å². The van der Waals surface area contributed by atoms with Crippen LogP contribution in [-0.2, 0) is 12.8 Å². The highest BCUT2D eigenvalue weighted by atomic mass is 32.1. The van der Waals surface area contributed by atoms with Crippen LogP contribution in [0.1, 0.15) is 25.0 Å². The second-order valence-corrected chi connectivity index (χ2v) is 5.05. The summed E-state index contributed by atoms with van der Waals surface area (Å²) in [6.07, 6.45) is 2.16. The SMILES string of the molecule is CC(C)NC(=S)NC1Cc2ccccc2C1. The van der Waals surface area contributed by atoms with Crippen LogP contribution < -0.4 is 10.6 Å². The summed E-state index contributed by atoms with van der Waals surface area (Å²) in [4.78, 5) is 0. The molecule has 16 heavy (non-hydrogen) atoms. The van der Waals surface area contributed by atoms with Crippen molar-refractivity contribution in [3.05, 3.63) is 35.4 Å². The van der Waals surface area contributed by atoms with Gasteiger partial charge in [0.15, 0.2) is 5.11 Å². The van der Waals surface area contributed by atoms with Crippen molar-refractivity contribution < 1.29 is 0 Å². The number of hydrogen-bond donors (Lipinski definition) is 2. The number of fused-ring (bicyclic) bond motifs is 1. The van der Waals surface area contributed by atoms with Gasteiger partial charge in [-0.15, -0.1) is 0 Å². The maximum absolute atomic E-state index is 5.26. The van der Waals surface area contributed by atoms with Crippen molar-refractivity contribution in [3.63, 3.8) is 0 Å². The molecule has 0 aromatic heterocycles. The van der Waals surface area contributed by atoms with Crippen LogP contribution in [0.2, 0.25) is 0 Å². The molecule has 1 aromatic rings. The Morgan fingerprint density at radius 1 is 1.25 bits per heavy atom. The average Bonchev–Trinajstić information content (AvgIpc) is 2.57. The van der Waals surface area contributed by atoms with Crippen LogP contribution in [-0.4, -0.2) is 17.2 Å².